The van der Waals surface area contributed by atoms with E-state index in [1.807, 2.05) is 0 Å². The van der Waals surface area contributed by atoms with Crippen molar-refractivity contribution in [3.63, 3.8) is 0 Å². The van der Waals surface area contributed by atoms with Crippen LogP contribution in [0.3, 0.4) is 0 Å². The molecule has 3 aliphatic rings. The first-order valence-corrected chi connectivity index (χ1v) is 8.98. The fraction of sp³-hybridized carbons (Fsp3) is 0.944. The fourth-order valence-corrected chi connectivity index (χ4v) is 5.25. The molecule has 3 aliphatic carbocycles. The Bertz CT molecular complexity index is 400. The first-order valence-electron chi connectivity index (χ1n) is 8.98. The number of fused-ring (bicyclic) bond motifs is 2. The minimum Gasteiger partial charge on any atom is -0.349 e. The normalized spacial score (nSPS) is 38.6. The van der Waals surface area contributed by atoms with Crippen LogP contribution in [-0.2, 0) is 4.79 Å². The van der Waals surface area contributed by atoms with Crippen LogP contribution in [-0.4, -0.2) is 24.0 Å². The molecular weight excluding hydrogens is 260 g/mol. The van der Waals surface area contributed by atoms with E-state index in [-0.39, 0.29) is 16.9 Å². The fourth-order valence-electron chi connectivity index (χ4n) is 5.25. The third kappa shape index (κ3) is 2.62. The van der Waals surface area contributed by atoms with Crippen molar-refractivity contribution in [1.82, 2.24) is 10.6 Å². The second-order valence-corrected chi connectivity index (χ2v) is 8.39. The highest BCUT2D eigenvalue weighted by Crippen LogP contribution is 2.61. The number of rotatable bonds is 4. The summed E-state index contributed by atoms with van der Waals surface area (Å²) >= 11 is 0. The van der Waals surface area contributed by atoms with E-state index >= 15 is 0 Å². The van der Waals surface area contributed by atoms with E-state index in [1.165, 1.54) is 51.4 Å². The molecule has 2 bridgehead atoms. The zero-order valence-electron chi connectivity index (χ0n) is 14.0. The van der Waals surface area contributed by atoms with Crippen LogP contribution in [0.1, 0.15) is 72.1 Å². The molecule has 0 heterocycles. The van der Waals surface area contributed by atoms with Gasteiger partial charge in [-0.3, -0.25) is 4.79 Å². The Labute approximate surface area is 129 Å². The van der Waals surface area contributed by atoms with Crippen LogP contribution in [0.15, 0.2) is 0 Å². The molecule has 0 saturated heterocycles. The van der Waals surface area contributed by atoms with E-state index in [0.29, 0.717) is 18.5 Å². The maximum atomic E-state index is 12.4. The number of nitrogens with one attached hydrogen (secondary N) is 2. The average Bonchev–Trinajstić information content (AvgIpc) is 3.01. The summed E-state index contributed by atoms with van der Waals surface area (Å²) in [6, 6.07) is 0.561. The van der Waals surface area contributed by atoms with Crippen LogP contribution >= 0.6 is 0 Å². The number of hydrogen-bond donors (Lipinski definition) is 2. The van der Waals surface area contributed by atoms with Crippen LogP contribution in [0.5, 0.6) is 0 Å². The van der Waals surface area contributed by atoms with Gasteiger partial charge in [0.15, 0.2) is 0 Å². The average molecular weight is 292 g/mol. The van der Waals surface area contributed by atoms with Crippen LogP contribution in [0, 0.1) is 17.3 Å². The third-order valence-corrected chi connectivity index (χ3v) is 7.16. The monoisotopic (exact) mass is 292 g/mol. The van der Waals surface area contributed by atoms with Gasteiger partial charge >= 0.3 is 0 Å². The van der Waals surface area contributed by atoms with Gasteiger partial charge in [0.25, 0.3) is 0 Å². The van der Waals surface area contributed by atoms with Crippen molar-refractivity contribution in [2.45, 2.75) is 83.7 Å². The van der Waals surface area contributed by atoms with Crippen molar-refractivity contribution in [1.29, 1.82) is 0 Å². The molecule has 3 atom stereocenters. The molecule has 2 N–H and O–H groups in total. The summed E-state index contributed by atoms with van der Waals surface area (Å²) in [6.07, 6.45) is 10.4. The summed E-state index contributed by atoms with van der Waals surface area (Å²) in [5, 5.41) is 6.89. The Kier molecular flexibility index (Phi) is 4.06. The van der Waals surface area contributed by atoms with E-state index in [0.717, 1.165) is 5.92 Å². The molecule has 21 heavy (non-hydrogen) atoms. The van der Waals surface area contributed by atoms with E-state index in [4.69, 9.17) is 0 Å². The summed E-state index contributed by atoms with van der Waals surface area (Å²) in [5.41, 5.74) is 0.220. The quantitative estimate of drug-likeness (QED) is 0.835. The second-order valence-electron chi connectivity index (χ2n) is 8.39. The zero-order valence-corrected chi connectivity index (χ0v) is 14.0. The lowest BCUT2D eigenvalue weighted by molar-refractivity contribution is -0.124. The maximum Gasteiger partial charge on any atom is 0.234 e. The predicted octanol–water partition coefficient (Wildman–Crippen LogP) is 3.24. The van der Waals surface area contributed by atoms with E-state index in [2.05, 4.69) is 31.4 Å². The highest BCUT2D eigenvalue weighted by atomic mass is 16.2. The van der Waals surface area contributed by atoms with Crippen LogP contribution in [0.2, 0.25) is 0 Å². The molecule has 0 unspecified atom stereocenters. The van der Waals surface area contributed by atoms with E-state index in [9.17, 15) is 4.79 Å². The number of hydrogen-bond acceptors (Lipinski definition) is 2. The van der Waals surface area contributed by atoms with Crippen molar-refractivity contribution in [3.8, 4) is 0 Å². The molecule has 3 rings (SSSR count). The lowest BCUT2D eigenvalue weighted by atomic mass is 9.64. The Morgan fingerprint density at radius 2 is 1.67 bits per heavy atom. The van der Waals surface area contributed by atoms with Gasteiger partial charge in [0.1, 0.15) is 0 Å². The molecule has 3 heteroatoms. The first kappa shape index (κ1) is 15.3. The summed E-state index contributed by atoms with van der Waals surface area (Å²) in [6.45, 7) is 7.49. The molecule has 3 saturated carbocycles. The number of amides is 1. The van der Waals surface area contributed by atoms with Crippen molar-refractivity contribution < 1.29 is 4.79 Å². The van der Waals surface area contributed by atoms with Crippen LogP contribution in [0.4, 0.5) is 0 Å². The molecule has 0 aromatic heterocycles. The molecule has 0 spiro atoms. The SMILES string of the molecule is CC1(C)[C@H]2CC[C@@H](C2)[C@@]1(C)NC(=O)CNC1CCCCC1. The van der Waals surface area contributed by atoms with Crippen LogP contribution < -0.4 is 10.6 Å². The highest BCUT2D eigenvalue weighted by molar-refractivity contribution is 5.79. The molecule has 1 amide bonds. The minimum atomic E-state index is -0.0127. The number of carbonyl (C=O) groups is 1. The van der Waals surface area contributed by atoms with Crippen molar-refractivity contribution >= 4 is 5.91 Å². The van der Waals surface area contributed by atoms with Crippen molar-refractivity contribution in [2.24, 2.45) is 17.3 Å². The molecule has 120 valence electrons. The van der Waals surface area contributed by atoms with Crippen molar-refractivity contribution in [2.75, 3.05) is 6.54 Å². The van der Waals surface area contributed by atoms with Gasteiger partial charge in [-0.2, -0.15) is 0 Å². The van der Waals surface area contributed by atoms with Gasteiger partial charge in [0, 0.05) is 11.6 Å². The topological polar surface area (TPSA) is 41.1 Å². The minimum absolute atomic E-state index is 0.0127. The van der Waals surface area contributed by atoms with Gasteiger partial charge in [-0.15, -0.1) is 0 Å². The zero-order chi connectivity index (χ0) is 15.1. The number of carbonyl (C=O) groups excluding carboxylic acids is 1. The third-order valence-electron chi connectivity index (χ3n) is 7.16. The molecule has 3 nitrogen and oxygen atoms in total. The standard InChI is InChI=1S/C18H32N2O/c1-17(2)13-9-10-14(11-13)18(17,3)20-16(21)12-19-15-7-5-4-6-8-15/h13-15,19H,4-12H2,1-3H3,(H,20,21)/t13-,14-,18+/m0/s1. The van der Waals surface area contributed by atoms with Crippen molar-refractivity contribution in [3.05, 3.63) is 0 Å². The Balaban J connectivity index is 1.54. The van der Waals surface area contributed by atoms with Gasteiger partial charge in [0.2, 0.25) is 5.91 Å². The lowest BCUT2D eigenvalue weighted by Gasteiger charge is -2.48. The summed E-state index contributed by atoms with van der Waals surface area (Å²) in [7, 11) is 0. The van der Waals surface area contributed by atoms with Gasteiger partial charge in [-0.1, -0.05) is 33.1 Å². The Hall–Kier alpha value is -0.570. The largest absolute Gasteiger partial charge is 0.349 e. The van der Waals surface area contributed by atoms with Gasteiger partial charge in [-0.05, 0) is 56.3 Å². The second kappa shape index (κ2) is 5.57. The predicted molar refractivity (Wildman–Crippen MR) is 86.0 cm³/mol. The van der Waals surface area contributed by atoms with Crippen LogP contribution in [0.25, 0.3) is 0 Å². The molecule has 0 aromatic carbocycles. The first-order chi connectivity index (χ1) is 9.93. The molecule has 0 radical (unpaired) electrons. The highest BCUT2D eigenvalue weighted by Gasteiger charge is 2.60. The Morgan fingerprint density at radius 3 is 2.29 bits per heavy atom. The van der Waals surface area contributed by atoms with Gasteiger partial charge in [-0.25, -0.2) is 0 Å². The molecular formula is C18H32N2O. The molecule has 0 aromatic rings. The van der Waals surface area contributed by atoms with E-state index < -0.39 is 0 Å². The maximum absolute atomic E-state index is 12.4. The lowest BCUT2D eigenvalue weighted by Crippen LogP contribution is -2.60. The Morgan fingerprint density at radius 1 is 1.00 bits per heavy atom. The summed E-state index contributed by atoms with van der Waals surface area (Å²) < 4.78 is 0. The summed E-state index contributed by atoms with van der Waals surface area (Å²) in [4.78, 5) is 12.4. The molecule has 3 fully saturated rings. The summed E-state index contributed by atoms with van der Waals surface area (Å²) in [5.74, 6) is 1.67. The van der Waals surface area contributed by atoms with Gasteiger partial charge in [0.05, 0.1) is 6.54 Å². The smallest absolute Gasteiger partial charge is 0.234 e. The molecule has 0 aliphatic heterocycles. The van der Waals surface area contributed by atoms with Gasteiger partial charge < -0.3 is 10.6 Å². The van der Waals surface area contributed by atoms with E-state index in [1.54, 1.807) is 0 Å².